The van der Waals surface area contributed by atoms with Crippen LogP contribution in [-0.4, -0.2) is 68.5 Å². The van der Waals surface area contributed by atoms with Gasteiger partial charge in [0, 0.05) is 30.8 Å². The first kappa shape index (κ1) is 23.9. The number of nitrogens with one attached hydrogen (secondary N) is 1. The summed E-state index contributed by atoms with van der Waals surface area (Å²) in [6.07, 6.45) is -4.71. The van der Waals surface area contributed by atoms with Gasteiger partial charge in [0.1, 0.15) is 11.5 Å². The number of urea groups is 1. The van der Waals surface area contributed by atoms with E-state index in [1.54, 1.807) is 6.92 Å². The summed E-state index contributed by atoms with van der Waals surface area (Å²) in [4.78, 5) is 28.3. The van der Waals surface area contributed by atoms with Crippen molar-refractivity contribution in [2.24, 2.45) is 0 Å². The number of hydrogen-bond acceptors (Lipinski definition) is 4. The molecule has 1 aromatic heterocycles. The van der Waals surface area contributed by atoms with Gasteiger partial charge in [0.2, 0.25) is 0 Å². The Bertz CT molecular complexity index is 1150. The molecule has 0 bridgehead atoms. The van der Waals surface area contributed by atoms with Crippen LogP contribution in [0.3, 0.4) is 0 Å². The quantitative estimate of drug-likeness (QED) is 0.638. The summed E-state index contributed by atoms with van der Waals surface area (Å²) in [5, 5.41) is 16.2. The molecule has 34 heavy (non-hydrogen) atoms. The van der Waals surface area contributed by atoms with Crippen molar-refractivity contribution in [3.63, 3.8) is 0 Å². The minimum Gasteiger partial charge on any atom is -0.393 e. The standard InChI is InChI=1S/C21H22F5N5O3/c1-11-5-16-13(17-18(33)29(2)8-20(23,10-32)9-31(17)28-16)7-30(11)19(34)27-12-3-4-15(22)14(6-12)21(24,25)26/h3-4,6,11,32H,5,7-10H2,1-2H3,(H,27,34)/t11-,20+/m1/s1. The molecule has 0 aliphatic carbocycles. The van der Waals surface area contributed by atoms with Crippen LogP contribution in [0.5, 0.6) is 0 Å². The highest BCUT2D eigenvalue weighted by atomic mass is 19.4. The summed E-state index contributed by atoms with van der Waals surface area (Å²) in [6.45, 7) is 0.103. The Morgan fingerprint density at radius 1 is 1.32 bits per heavy atom. The van der Waals surface area contributed by atoms with E-state index in [-0.39, 0.29) is 37.4 Å². The van der Waals surface area contributed by atoms with Crippen LogP contribution < -0.4 is 5.32 Å². The van der Waals surface area contributed by atoms with Crippen molar-refractivity contribution in [1.82, 2.24) is 19.6 Å². The van der Waals surface area contributed by atoms with Crippen molar-refractivity contribution >= 4 is 17.6 Å². The van der Waals surface area contributed by atoms with Gasteiger partial charge in [-0.15, -0.1) is 0 Å². The number of amides is 3. The van der Waals surface area contributed by atoms with Gasteiger partial charge in [0.15, 0.2) is 5.67 Å². The average Bonchev–Trinajstić information content (AvgIpc) is 3.04. The molecule has 2 atom stereocenters. The molecule has 2 aliphatic rings. The zero-order valence-corrected chi connectivity index (χ0v) is 18.3. The highest BCUT2D eigenvalue weighted by Crippen LogP contribution is 2.34. The van der Waals surface area contributed by atoms with E-state index in [9.17, 15) is 32.3 Å². The fraction of sp³-hybridized carbons (Fsp3) is 0.476. The minimum absolute atomic E-state index is 0.0938. The number of aliphatic hydroxyl groups excluding tert-OH is 1. The maximum absolute atomic E-state index is 15.0. The van der Waals surface area contributed by atoms with Crippen LogP contribution in [0.15, 0.2) is 18.2 Å². The molecule has 3 heterocycles. The third-order valence-electron chi connectivity index (χ3n) is 6.05. The number of aromatic nitrogens is 2. The summed E-state index contributed by atoms with van der Waals surface area (Å²) in [5.41, 5.74) is -2.85. The number of nitrogens with zero attached hydrogens (tertiary/aromatic N) is 4. The average molecular weight is 487 g/mol. The van der Waals surface area contributed by atoms with E-state index >= 15 is 4.39 Å². The molecule has 2 N–H and O–H groups in total. The lowest BCUT2D eigenvalue weighted by molar-refractivity contribution is -0.139. The van der Waals surface area contributed by atoms with Crippen LogP contribution in [0.4, 0.5) is 32.4 Å². The SMILES string of the molecule is C[C@@H]1Cc2nn3c(c2CN1C(=O)Nc1ccc(F)c(C(F)(F)F)c1)C(=O)N(C)C[C@@](F)(CO)C3. The summed E-state index contributed by atoms with van der Waals surface area (Å²) in [6, 6.07) is 0.945. The number of hydrogen-bond donors (Lipinski definition) is 2. The van der Waals surface area contributed by atoms with Gasteiger partial charge >= 0.3 is 12.2 Å². The van der Waals surface area contributed by atoms with Crippen LogP contribution in [0.2, 0.25) is 0 Å². The highest BCUT2D eigenvalue weighted by Gasteiger charge is 2.42. The summed E-state index contributed by atoms with van der Waals surface area (Å²) in [5.74, 6) is -1.98. The number of carbonyl (C=O) groups is 2. The zero-order chi connectivity index (χ0) is 25.0. The smallest absolute Gasteiger partial charge is 0.393 e. The first-order valence-corrected chi connectivity index (χ1v) is 10.4. The van der Waals surface area contributed by atoms with Crippen LogP contribution >= 0.6 is 0 Å². The van der Waals surface area contributed by atoms with Crippen molar-refractivity contribution in [3.05, 3.63) is 46.5 Å². The molecule has 0 saturated carbocycles. The first-order valence-electron chi connectivity index (χ1n) is 10.4. The van der Waals surface area contributed by atoms with Gasteiger partial charge < -0.3 is 20.2 Å². The van der Waals surface area contributed by atoms with Crippen molar-refractivity contribution in [3.8, 4) is 0 Å². The zero-order valence-electron chi connectivity index (χ0n) is 18.3. The Morgan fingerprint density at radius 2 is 2.03 bits per heavy atom. The van der Waals surface area contributed by atoms with Crippen LogP contribution in [-0.2, 0) is 25.7 Å². The largest absolute Gasteiger partial charge is 0.419 e. The predicted octanol–water partition coefficient (Wildman–Crippen LogP) is 2.81. The molecule has 13 heteroatoms. The van der Waals surface area contributed by atoms with Gasteiger partial charge in [-0.25, -0.2) is 13.6 Å². The third-order valence-corrected chi connectivity index (χ3v) is 6.05. The molecule has 2 aliphatic heterocycles. The second kappa shape index (κ2) is 8.22. The van der Waals surface area contributed by atoms with Gasteiger partial charge in [0.25, 0.3) is 5.91 Å². The molecule has 0 spiro atoms. The molecule has 0 unspecified atom stereocenters. The number of halogens is 5. The van der Waals surface area contributed by atoms with E-state index in [1.165, 1.54) is 16.6 Å². The predicted molar refractivity (Wildman–Crippen MR) is 109 cm³/mol. The minimum atomic E-state index is -4.93. The molecule has 0 radical (unpaired) electrons. The second-order valence-corrected chi connectivity index (χ2v) is 8.71. The third kappa shape index (κ3) is 4.19. The molecular weight excluding hydrogens is 465 g/mol. The van der Waals surface area contributed by atoms with E-state index in [2.05, 4.69) is 10.4 Å². The van der Waals surface area contributed by atoms with Gasteiger partial charge in [-0.05, 0) is 25.1 Å². The molecule has 8 nitrogen and oxygen atoms in total. The Labute approximate surface area is 190 Å². The van der Waals surface area contributed by atoms with E-state index in [0.29, 0.717) is 23.4 Å². The molecular formula is C21H22F5N5O3. The fourth-order valence-corrected chi connectivity index (χ4v) is 4.33. The molecule has 184 valence electrons. The topological polar surface area (TPSA) is 90.7 Å². The lowest BCUT2D eigenvalue weighted by atomic mass is 9.99. The van der Waals surface area contributed by atoms with Crippen LogP contribution in [0, 0.1) is 5.82 Å². The number of fused-ring (bicyclic) bond motifs is 3. The van der Waals surface area contributed by atoms with E-state index < -0.39 is 47.8 Å². The molecule has 0 fully saturated rings. The van der Waals surface area contributed by atoms with Crippen LogP contribution in [0.25, 0.3) is 0 Å². The lowest BCUT2D eigenvalue weighted by Gasteiger charge is -2.33. The number of aliphatic hydroxyl groups is 1. The molecule has 3 amide bonds. The second-order valence-electron chi connectivity index (χ2n) is 8.71. The summed E-state index contributed by atoms with van der Waals surface area (Å²) >= 11 is 0. The summed E-state index contributed by atoms with van der Waals surface area (Å²) < 4.78 is 68.8. The Hall–Kier alpha value is -3.22. The molecule has 1 aromatic carbocycles. The fourth-order valence-electron chi connectivity index (χ4n) is 4.33. The van der Waals surface area contributed by atoms with Crippen molar-refractivity contribution < 1.29 is 36.6 Å². The first-order chi connectivity index (χ1) is 15.8. The van der Waals surface area contributed by atoms with E-state index in [1.807, 2.05) is 0 Å². The van der Waals surface area contributed by atoms with Gasteiger partial charge in [-0.2, -0.15) is 18.3 Å². The van der Waals surface area contributed by atoms with Crippen molar-refractivity contribution in [1.29, 1.82) is 0 Å². The van der Waals surface area contributed by atoms with Crippen LogP contribution in [0.1, 0.15) is 34.2 Å². The van der Waals surface area contributed by atoms with Gasteiger partial charge in [-0.3, -0.25) is 9.48 Å². The van der Waals surface area contributed by atoms with Crippen molar-refractivity contribution in [2.75, 3.05) is 25.5 Å². The number of carbonyl (C=O) groups excluding carboxylic acids is 2. The summed E-state index contributed by atoms with van der Waals surface area (Å²) in [7, 11) is 1.39. The lowest BCUT2D eigenvalue weighted by Crippen LogP contribution is -2.45. The Balaban J connectivity index is 1.62. The van der Waals surface area contributed by atoms with Gasteiger partial charge in [0.05, 0.1) is 37.5 Å². The van der Waals surface area contributed by atoms with E-state index in [4.69, 9.17) is 0 Å². The van der Waals surface area contributed by atoms with Gasteiger partial charge in [-0.1, -0.05) is 0 Å². The Kier molecular flexibility index (Phi) is 5.78. The highest BCUT2D eigenvalue weighted by molar-refractivity contribution is 5.95. The maximum Gasteiger partial charge on any atom is 0.419 e. The van der Waals surface area contributed by atoms with E-state index in [0.717, 1.165) is 11.0 Å². The normalized spacial score (nSPS) is 22.8. The number of alkyl halides is 4. The molecule has 2 aromatic rings. The molecule has 0 saturated heterocycles. The Morgan fingerprint density at radius 3 is 2.68 bits per heavy atom. The maximum atomic E-state index is 15.0. The molecule has 4 rings (SSSR count). The number of rotatable bonds is 2. The monoisotopic (exact) mass is 487 g/mol. The number of benzene rings is 1. The van der Waals surface area contributed by atoms with Crippen molar-refractivity contribution in [2.45, 2.75) is 44.3 Å². The number of anilines is 1.